The van der Waals surface area contributed by atoms with Crippen molar-refractivity contribution in [3.05, 3.63) is 176 Å². The van der Waals surface area contributed by atoms with Crippen LogP contribution in [-0.2, 0) is 0 Å². The van der Waals surface area contributed by atoms with Crippen LogP contribution in [0.25, 0.3) is 84.5 Å². The van der Waals surface area contributed by atoms with Crippen molar-refractivity contribution in [2.45, 2.75) is 0 Å². The van der Waals surface area contributed by atoms with Gasteiger partial charge in [-0.3, -0.25) is 0 Å². The fourth-order valence-electron chi connectivity index (χ4n) is 7.84. The van der Waals surface area contributed by atoms with Crippen LogP contribution in [-0.4, -0.2) is 0 Å². The van der Waals surface area contributed by atoms with E-state index < -0.39 is 0 Å². The van der Waals surface area contributed by atoms with Crippen molar-refractivity contribution < 1.29 is 4.42 Å². The first kappa shape index (κ1) is 29.5. The Morgan fingerprint density at radius 2 is 0.962 bits per heavy atom. The fraction of sp³-hybridized carbons (Fsp3) is 0. The van der Waals surface area contributed by atoms with Crippen molar-refractivity contribution in [3.63, 3.8) is 0 Å². The van der Waals surface area contributed by atoms with Crippen LogP contribution in [0, 0.1) is 0 Å². The van der Waals surface area contributed by atoms with E-state index in [2.05, 4.69) is 169 Å². The van der Waals surface area contributed by atoms with Gasteiger partial charge in [-0.05, 0) is 95.1 Å². The molecule has 0 fully saturated rings. The van der Waals surface area contributed by atoms with Gasteiger partial charge in [0.1, 0.15) is 11.2 Å². The normalized spacial score (nSPS) is 11.8. The number of nitrogens with zero attached hydrogens (tertiary/aromatic N) is 1. The van der Waals surface area contributed by atoms with Crippen LogP contribution in [0.15, 0.2) is 180 Å². The van der Waals surface area contributed by atoms with Crippen LogP contribution in [0.1, 0.15) is 0 Å². The zero-order chi connectivity index (χ0) is 34.2. The maximum atomic E-state index is 6.15. The van der Waals surface area contributed by atoms with E-state index in [1.165, 1.54) is 51.5 Å². The first-order valence-electron chi connectivity index (χ1n) is 17.5. The van der Waals surface area contributed by atoms with Crippen LogP contribution in [0.4, 0.5) is 17.1 Å². The number of thiophene rings is 2. The molecule has 0 saturated carbocycles. The van der Waals surface area contributed by atoms with Gasteiger partial charge in [-0.25, -0.2) is 0 Å². The highest BCUT2D eigenvalue weighted by Gasteiger charge is 2.18. The molecule has 0 aliphatic carbocycles. The number of para-hydroxylation sites is 1. The van der Waals surface area contributed by atoms with E-state index in [9.17, 15) is 0 Å². The Hall–Kier alpha value is -6.20. The minimum absolute atomic E-state index is 0.908. The second-order valence-electron chi connectivity index (χ2n) is 13.3. The van der Waals surface area contributed by atoms with Gasteiger partial charge in [-0.1, -0.05) is 103 Å². The van der Waals surface area contributed by atoms with Gasteiger partial charge in [-0.15, -0.1) is 22.7 Å². The molecule has 0 unspecified atom stereocenters. The molecule has 0 radical (unpaired) electrons. The molecule has 0 aliphatic heterocycles. The Labute approximate surface area is 308 Å². The summed E-state index contributed by atoms with van der Waals surface area (Å²) < 4.78 is 11.4. The molecule has 0 atom stereocenters. The van der Waals surface area contributed by atoms with Crippen LogP contribution in [0.3, 0.4) is 0 Å². The van der Waals surface area contributed by atoms with Crippen molar-refractivity contribution in [1.82, 2.24) is 0 Å². The molecule has 244 valence electrons. The highest BCUT2D eigenvalue weighted by molar-refractivity contribution is 7.26. The lowest BCUT2D eigenvalue weighted by Gasteiger charge is -2.26. The number of fused-ring (bicyclic) bond motifs is 9. The Morgan fingerprint density at radius 1 is 0.346 bits per heavy atom. The summed E-state index contributed by atoms with van der Waals surface area (Å²) in [5.41, 5.74) is 9.97. The molecule has 0 aliphatic rings. The molecule has 8 aromatic carbocycles. The third-order valence-corrected chi connectivity index (χ3v) is 12.5. The predicted molar refractivity (Wildman–Crippen MR) is 225 cm³/mol. The number of anilines is 3. The zero-order valence-electron chi connectivity index (χ0n) is 27.9. The fourth-order valence-corrected chi connectivity index (χ4v) is 10.1. The smallest absolute Gasteiger partial charge is 0.135 e. The van der Waals surface area contributed by atoms with Gasteiger partial charge in [0.15, 0.2) is 0 Å². The lowest BCUT2D eigenvalue weighted by Crippen LogP contribution is -2.09. The zero-order valence-corrected chi connectivity index (χ0v) is 29.5. The molecule has 0 saturated heterocycles. The van der Waals surface area contributed by atoms with Crippen molar-refractivity contribution in [2.24, 2.45) is 0 Å². The van der Waals surface area contributed by atoms with Crippen molar-refractivity contribution in [1.29, 1.82) is 0 Å². The minimum atomic E-state index is 0.908. The highest BCUT2D eigenvalue weighted by Crippen LogP contribution is 2.44. The molecule has 3 aromatic heterocycles. The maximum Gasteiger partial charge on any atom is 0.135 e. The van der Waals surface area contributed by atoms with Gasteiger partial charge in [0, 0.05) is 68.2 Å². The number of furan rings is 1. The average molecular weight is 700 g/mol. The molecule has 0 N–H and O–H groups in total. The molecule has 4 heteroatoms. The van der Waals surface area contributed by atoms with Crippen LogP contribution >= 0.6 is 22.7 Å². The summed E-state index contributed by atoms with van der Waals surface area (Å²) >= 11 is 3.72. The summed E-state index contributed by atoms with van der Waals surface area (Å²) in [5, 5.41) is 7.53. The van der Waals surface area contributed by atoms with Gasteiger partial charge in [0.25, 0.3) is 0 Å². The van der Waals surface area contributed by atoms with Crippen LogP contribution < -0.4 is 4.90 Å². The third kappa shape index (κ3) is 4.69. The summed E-state index contributed by atoms with van der Waals surface area (Å²) in [4.78, 5) is 2.39. The molecular formula is C48H29NOS2. The van der Waals surface area contributed by atoms with Crippen LogP contribution in [0.2, 0.25) is 0 Å². The molecular weight excluding hydrogens is 671 g/mol. The quantitative estimate of drug-likeness (QED) is 0.178. The van der Waals surface area contributed by atoms with Gasteiger partial charge in [0.05, 0.1) is 0 Å². The van der Waals surface area contributed by atoms with E-state index in [-0.39, 0.29) is 0 Å². The number of hydrogen-bond acceptors (Lipinski definition) is 4. The number of hydrogen-bond donors (Lipinski definition) is 0. The van der Waals surface area contributed by atoms with Gasteiger partial charge in [0.2, 0.25) is 0 Å². The van der Waals surface area contributed by atoms with E-state index >= 15 is 0 Å². The second-order valence-corrected chi connectivity index (χ2v) is 15.5. The molecule has 3 heterocycles. The predicted octanol–water partition coefficient (Wildman–Crippen LogP) is 15.1. The topological polar surface area (TPSA) is 16.4 Å². The monoisotopic (exact) mass is 699 g/mol. The van der Waals surface area contributed by atoms with Crippen molar-refractivity contribution >= 4 is 102 Å². The Morgan fingerprint density at radius 3 is 1.85 bits per heavy atom. The van der Waals surface area contributed by atoms with Gasteiger partial charge >= 0.3 is 0 Å². The molecule has 0 amide bonds. The molecule has 0 spiro atoms. The summed E-state index contributed by atoms with van der Waals surface area (Å²) in [6.45, 7) is 0. The lowest BCUT2D eigenvalue weighted by molar-refractivity contribution is 0.669. The standard InChI is InChI=1S/C48H29NOS2/c1-4-15-42-37(11-1)41-28-32(21-26-43(41)50-42)31-9-7-10-34(27-31)49(35-24-25-39-38-12-2-5-16-44(38)52-47(39)29-35)33-22-19-30(20-23-33)36-14-8-18-46-48(36)40-13-3-6-17-45(40)51-46/h1-29H. The second kappa shape index (κ2) is 11.7. The van der Waals surface area contributed by atoms with Crippen LogP contribution in [0.5, 0.6) is 0 Å². The van der Waals surface area contributed by atoms with Crippen molar-refractivity contribution in [3.8, 4) is 22.3 Å². The van der Waals surface area contributed by atoms with E-state index in [1.54, 1.807) is 0 Å². The summed E-state index contributed by atoms with van der Waals surface area (Å²) in [6.07, 6.45) is 0. The number of rotatable bonds is 5. The number of benzene rings is 8. The Balaban J connectivity index is 1.06. The summed E-state index contributed by atoms with van der Waals surface area (Å²) in [5.74, 6) is 0. The SMILES string of the molecule is c1cc(-c2ccc3oc4ccccc4c3c2)cc(N(c2ccc(-c3cccc4sc5ccccc5c34)cc2)c2ccc3c(c2)sc2ccccc23)c1. The molecule has 2 nitrogen and oxygen atoms in total. The first-order valence-corrected chi connectivity index (χ1v) is 19.1. The largest absolute Gasteiger partial charge is 0.456 e. The van der Waals surface area contributed by atoms with E-state index in [1.807, 2.05) is 34.8 Å². The minimum Gasteiger partial charge on any atom is -0.456 e. The van der Waals surface area contributed by atoms with Gasteiger partial charge < -0.3 is 9.32 Å². The molecule has 11 aromatic rings. The lowest BCUT2D eigenvalue weighted by atomic mass is 9.99. The maximum absolute atomic E-state index is 6.15. The first-order chi connectivity index (χ1) is 25.7. The molecule has 0 bridgehead atoms. The third-order valence-electron chi connectivity index (χ3n) is 10.3. The Kier molecular flexibility index (Phi) is 6.63. The van der Waals surface area contributed by atoms with Gasteiger partial charge in [-0.2, -0.15) is 0 Å². The highest BCUT2D eigenvalue weighted by atomic mass is 32.1. The summed E-state index contributed by atoms with van der Waals surface area (Å²) in [7, 11) is 0. The molecule has 52 heavy (non-hydrogen) atoms. The van der Waals surface area contributed by atoms with E-state index in [0.29, 0.717) is 0 Å². The molecule has 11 rings (SSSR count). The van der Waals surface area contributed by atoms with Crippen molar-refractivity contribution in [2.75, 3.05) is 4.90 Å². The Bertz CT molecular complexity index is 3150. The van der Waals surface area contributed by atoms with E-state index in [4.69, 9.17) is 4.42 Å². The average Bonchev–Trinajstić information content (AvgIpc) is 3.89. The summed E-state index contributed by atoms with van der Waals surface area (Å²) in [6, 6.07) is 63.8. The van der Waals surface area contributed by atoms with E-state index in [0.717, 1.165) is 50.1 Å².